The fourth-order valence-corrected chi connectivity index (χ4v) is 2.14. The molecule has 2 aliphatic rings. The lowest BCUT2D eigenvalue weighted by atomic mass is 10.0. The smallest absolute Gasteiger partial charge is 0.161 e. The number of benzene rings is 1. The molecule has 0 radical (unpaired) electrons. The first-order valence-electron chi connectivity index (χ1n) is 6.23. The van der Waals surface area contributed by atoms with Crippen molar-refractivity contribution in [3.63, 3.8) is 0 Å². The summed E-state index contributed by atoms with van der Waals surface area (Å²) in [5.74, 6) is 1.80. The van der Waals surface area contributed by atoms with Crippen LogP contribution in [0.25, 0.3) is 0 Å². The molecule has 92 valence electrons. The van der Waals surface area contributed by atoms with Crippen LogP contribution in [0, 0.1) is 5.41 Å². The summed E-state index contributed by atoms with van der Waals surface area (Å²) in [6, 6.07) is 5.96. The quantitative estimate of drug-likeness (QED) is 0.853. The summed E-state index contributed by atoms with van der Waals surface area (Å²) < 4.78 is 11.7. The average molecular weight is 234 g/mol. The number of hydrogen-bond acceptors (Lipinski definition) is 3. The lowest BCUT2D eigenvalue weighted by molar-refractivity contribution is 0.197. The number of rotatable bonds is 2. The molecule has 3 rings (SSSR count). The minimum Gasteiger partial charge on any atom is -0.489 e. The van der Waals surface area contributed by atoms with Crippen molar-refractivity contribution in [3.05, 3.63) is 23.8 Å². The highest BCUT2D eigenvalue weighted by atomic mass is 16.5. The molecular weight excluding hydrogens is 216 g/mol. The van der Waals surface area contributed by atoms with Crippen molar-refractivity contribution in [1.29, 1.82) is 0 Å². The van der Waals surface area contributed by atoms with Gasteiger partial charge in [-0.2, -0.15) is 0 Å². The van der Waals surface area contributed by atoms with Crippen LogP contribution in [0.1, 0.15) is 31.2 Å². The summed E-state index contributed by atoms with van der Waals surface area (Å²) in [7, 11) is 0. The highest BCUT2D eigenvalue weighted by Gasteiger charge is 2.46. The summed E-state index contributed by atoms with van der Waals surface area (Å²) in [5, 5.41) is 9.17. The third-order valence-corrected chi connectivity index (χ3v) is 3.84. The van der Waals surface area contributed by atoms with Gasteiger partial charge in [0.1, 0.15) is 0 Å². The minimum atomic E-state index is 0.141. The Hall–Kier alpha value is -1.22. The second kappa shape index (κ2) is 3.91. The first-order valence-corrected chi connectivity index (χ1v) is 6.23. The zero-order chi connectivity index (χ0) is 11.9. The Labute approximate surface area is 101 Å². The van der Waals surface area contributed by atoms with E-state index >= 15 is 0 Å². The second-order valence-electron chi connectivity index (χ2n) is 5.37. The van der Waals surface area contributed by atoms with Crippen LogP contribution in [-0.2, 0) is 0 Å². The van der Waals surface area contributed by atoms with Gasteiger partial charge in [-0.15, -0.1) is 0 Å². The molecule has 1 N–H and O–H groups in total. The van der Waals surface area contributed by atoms with E-state index in [1.54, 1.807) is 0 Å². The number of ether oxygens (including phenoxy) is 2. The number of hydrogen-bond donors (Lipinski definition) is 1. The van der Waals surface area contributed by atoms with Crippen molar-refractivity contribution in [3.8, 4) is 11.5 Å². The van der Waals surface area contributed by atoms with Gasteiger partial charge in [0.05, 0.1) is 13.2 Å². The van der Waals surface area contributed by atoms with Crippen molar-refractivity contribution >= 4 is 0 Å². The van der Waals surface area contributed by atoms with Crippen LogP contribution in [0.2, 0.25) is 0 Å². The lowest BCUT2D eigenvalue weighted by Gasteiger charge is -2.12. The molecule has 1 spiro atoms. The molecule has 17 heavy (non-hydrogen) atoms. The SMILES string of the molecule is CC(CO)c1ccc2c(c1)OCC1(CC1)CO2. The first-order chi connectivity index (χ1) is 8.22. The van der Waals surface area contributed by atoms with Crippen molar-refractivity contribution in [2.24, 2.45) is 5.41 Å². The van der Waals surface area contributed by atoms with E-state index in [0.717, 1.165) is 30.3 Å². The Bertz CT molecular complexity index is 423. The molecule has 1 aromatic carbocycles. The van der Waals surface area contributed by atoms with E-state index in [9.17, 15) is 0 Å². The monoisotopic (exact) mass is 234 g/mol. The van der Waals surface area contributed by atoms with Crippen LogP contribution in [0.5, 0.6) is 11.5 Å². The molecule has 1 fully saturated rings. The Kier molecular flexibility index (Phi) is 2.51. The fourth-order valence-electron chi connectivity index (χ4n) is 2.14. The maximum atomic E-state index is 9.17. The molecule has 1 aromatic rings. The molecule has 1 aliphatic carbocycles. The average Bonchev–Trinajstić information content (AvgIpc) is 3.16. The van der Waals surface area contributed by atoms with Gasteiger partial charge >= 0.3 is 0 Å². The molecule has 0 bridgehead atoms. The van der Waals surface area contributed by atoms with E-state index in [1.165, 1.54) is 12.8 Å². The van der Waals surface area contributed by atoms with Crippen molar-refractivity contribution in [2.45, 2.75) is 25.7 Å². The van der Waals surface area contributed by atoms with E-state index in [2.05, 4.69) is 0 Å². The van der Waals surface area contributed by atoms with Crippen LogP contribution in [0.4, 0.5) is 0 Å². The molecule has 1 saturated carbocycles. The Morgan fingerprint density at radius 2 is 1.94 bits per heavy atom. The molecule has 1 atom stereocenters. The van der Waals surface area contributed by atoms with Crippen LogP contribution >= 0.6 is 0 Å². The Morgan fingerprint density at radius 1 is 1.24 bits per heavy atom. The largest absolute Gasteiger partial charge is 0.489 e. The zero-order valence-corrected chi connectivity index (χ0v) is 10.1. The molecule has 3 nitrogen and oxygen atoms in total. The summed E-state index contributed by atoms with van der Waals surface area (Å²) in [6.45, 7) is 3.69. The van der Waals surface area contributed by atoms with E-state index in [0.29, 0.717) is 0 Å². The third kappa shape index (κ3) is 2.00. The maximum absolute atomic E-state index is 9.17. The predicted octanol–water partition coefficient (Wildman–Crippen LogP) is 2.33. The van der Waals surface area contributed by atoms with E-state index in [-0.39, 0.29) is 17.9 Å². The van der Waals surface area contributed by atoms with Gasteiger partial charge in [0.25, 0.3) is 0 Å². The highest BCUT2D eigenvalue weighted by molar-refractivity contribution is 5.44. The van der Waals surface area contributed by atoms with Gasteiger partial charge in [-0.05, 0) is 30.5 Å². The molecule has 0 amide bonds. The van der Waals surface area contributed by atoms with Gasteiger partial charge in [0, 0.05) is 17.9 Å². The third-order valence-electron chi connectivity index (χ3n) is 3.84. The van der Waals surface area contributed by atoms with Crippen LogP contribution < -0.4 is 9.47 Å². The normalized spacial score (nSPS) is 22.0. The molecule has 0 aromatic heterocycles. The second-order valence-corrected chi connectivity index (χ2v) is 5.37. The number of fused-ring (bicyclic) bond motifs is 1. The zero-order valence-electron chi connectivity index (χ0n) is 10.1. The molecule has 1 unspecified atom stereocenters. The van der Waals surface area contributed by atoms with E-state index in [1.807, 2.05) is 25.1 Å². The summed E-state index contributed by atoms with van der Waals surface area (Å²) >= 11 is 0. The van der Waals surface area contributed by atoms with E-state index in [4.69, 9.17) is 14.6 Å². The first kappa shape index (κ1) is 10.9. The van der Waals surface area contributed by atoms with Crippen LogP contribution in [0.15, 0.2) is 18.2 Å². The van der Waals surface area contributed by atoms with Crippen molar-refractivity contribution in [2.75, 3.05) is 19.8 Å². The van der Waals surface area contributed by atoms with E-state index < -0.39 is 0 Å². The summed E-state index contributed by atoms with van der Waals surface area (Å²) in [6.07, 6.45) is 2.42. The minimum absolute atomic E-state index is 0.141. The van der Waals surface area contributed by atoms with Gasteiger partial charge in [-0.1, -0.05) is 13.0 Å². The number of aliphatic hydroxyl groups is 1. The Balaban J connectivity index is 1.86. The number of aliphatic hydroxyl groups excluding tert-OH is 1. The fraction of sp³-hybridized carbons (Fsp3) is 0.571. The summed E-state index contributed by atoms with van der Waals surface area (Å²) in [5.41, 5.74) is 1.38. The molecule has 1 aliphatic heterocycles. The highest BCUT2D eigenvalue weighted by Crippen LogP contribution is 2.49. The van der Waals surface area contributed by atoms with Crippen LogP contribution in [0.3, 0.4) is 0 Å². The van der Waals surface area contributed by atoms with Gasteiger partial charge < -0.3 is 14.6 Å². The topological polar surface area (TPSA) is 38.7 Å². The molecule has 3 heteroatoms. The van der Waals surface area contributed by atoms with Crippen molar-refractivity contribution < 1.29 is 14.6 Å². The van der Waals surface area contributed by atoms with Crippen molar-refractivity contribution in [1.82, 2.24) is 0 Å². The summed E-state index contributed by atoms with van der Waals surface area (Å²) in [4.78, 5) is 0. The van der Waals surface area contributed by atoms with Gasteiger partial charge in [0.15, 0.2) is 11.5 Å². The molecule has 0 saturated heterocycles. The van der Waals surface area contributed by atoms with Crippen LogP contribution in [-0.4, -0.2) is 24.9 Å². The molecule has 1 heterocycles. The maximum Gasteiger partial charge on any atom is 0.161 e. The van der Waals surface area contributed by atoms with Gasteiger partial charge in [-0.25, -0.2) is 0 Å². The Morgan fingerprint density at radius 3 is 2.59 bits per heavy atom. The van der Waals surface area contributed by atoms with Gasteiger partial charge in [-0.3, -0.25) is 0 Å². The predicted molar refractivity (Wildman–Crippen MR) is 64.6 cm³/mol. The molecular formula is C14H18O3. The lowest BCUT2D eigenvalue weighted by Crippen LogP contribution is -2.17. The van der Waals surface area contributed by atoms with Gasteiger partial charge in [0.2, 0.25) is 0 Å². The standard InChI is InChI=1S/C14H18O3/c1-10(7-15)11-2-3-12-13(6-11)17-9-14(4-5-14)8-16-12/h2-3,6,10,15H,4-5,7-9H2,1H3.